The zero-order valence-electron chi connectivity index (χ0n) is 17.0. The summed E-state index contributed by atoms with van der Waals surface area (Å²) in [5, 5.41) is 1.39. The van der Waals surface area contributed by atoms with Crippen LogP contribution < -0.4 is 16.2 Å². The smallest absolute Gasteiger partial charge is 0.226 e. The number of hydroxylamine groups is 2. The van der Waals surface area contributed by atoms with Crippen molar-refractivity contribution in [1.29, 1.82) is 0 Å². The number of nitrogens with two attached hydrogens (primary N) is 2. The number of nitrogens with zero attached hydrogens (tertiary/aromatic N) is 3. The molecule has 0 bridgehead atoms. The number of ketones is 1. The van der Waals surface area contributed by atoms with Crippen molar-refractivity contribution in [2.75, 3.05) is 13.2 Å². The quantitative estimate of drug-likeness (QED) is 0.395. The predicted molar refractivity (Wildman–Crippen MR) is 117 cm³/mol. The van der Waals surface area contributed by atoms with Crippen LogP contribution in [0.1, 0.15) is 29.8 Å². The normalized spacial score (nSPS) is 15.6. The summed E-state index contributed by atoms with van der Waals surface area (Å²) >= 11 is 0. The van der Waals surface area contributed by atoms with Crippen molar-refractivity contribution in [3.8, 4) is 5.75 Å². The van der Waals surface area contributed by atoms with E-state index in [2.05, 4.69) is 9.98 Å². The van der Waals surface area contributed by atoms with E-state index in [1.807, 2.05) is 30.3 Å². The topological polar surface area (TPSA) is 116 Å². The maximum atomic E-state index is 12.4. The minimum absolute atomic E-state index is 0.102. The Morgan fingerprint density at radius 3 is 2.60 bits per heavy atom. The summed E-state index contributed by atoms with van der Waals surface area (Å²) in [6.45, 7) is 4.07. The molecule has 1 heterocycles. The number of guanidine groups is 2. The van der Waals surface area contributed by atoms with Gasteiger partial charge in [-0.15, -0.1) is 0 Å². The number of allylic oxidation sites excluding steroid dienone is 1. The lowest BCUT2D eigenvalue weighted by atomic mass is 10.1. The molecule has 0 radical (unpaired) electrons. The maximum absolute atomic E-state index is 12.4. The Balaban J connectivity index is 1.53. The fraction of sp³-hybridized carbons (Fsp3) is 0.227. The highest BCUT2D eigenvalue weighted by Gasteiger charge is 2.33. The van der Waals surface area contributed by atoms with Crippen molar-refractivity contribution >= 4 is 23.8 Å². The fourth-order valence-corrected chi connectivity index (χ4v) is 2.88. The van der Waals surface area contributed by atoms with E-state index in [1.54, 1.807) is 50.3 Å². The molecule has 0 aromatic heterocycles. The fourth-order valence-electron chi connectivity index (χ4n) is 2.88. The van der Waals surface area contributed by atoms with Crippen LogP contribution in [0.3, 0.4) is 0 Å². The van der Waals surface area contributed by atoms with Gasteiger partial charge in [-0.2, -0.15) is 10.1 Å². The van der Waals surface area contributed by atoms with Gasteiger partial charge in [-0.25, -0.2) is 4.99 Å². The van der Waals surface area contributed by atoms with Crippen molar-refractivity contribution in [2.45, 2.75) is 19.5 Å². The molecule has 2 aromatic rings. The third-order valence-electron chi connectivity index (χ3n) is 4.24. The van der Waals surface area contributed by atoms with Crippen molar-refractivity contribution in [3.63, 3.8) is 0 Å². The summed E-state index contributed by atoms with van der Waals surface area (Å²) in [6.07, 6.45) is 3.33. The highest BCUT2D eigenvalue weighted by Crippen LogP contribution is 2.20. The lowest BCUT2D eigenvalue weighted by molar-refractivity contribution is -0.161. The van der Waals surface area contributed by atoms with Gasteiger partial charge in [0.15, 0.2) is 11.4 Å². The molecule has 1 aliphatic heterocycles. The number of rotatable bonds is 8. The van der Waals surface area contributed by atoms with Gasteiger partial charge < -0.3 is 16.2 Å². The monoisotopic (exact) mass is 407 g/mol. The highest BCUT2D eigenvalue weighted by molar-refractivity contribution is 6.07. The number of carbonyl (C=O) groups excluding carboxylic acids is 1. The average Bonchev–Trinajstić information content (AvgIpc) is 2.71. The summed E-state index contributed by atoms with van der Waals surface area (Å²) in [7, 11) is 0. The van der Waals surface area contributed by atoms with Gasteiger partial charge in [-0.1, -0.05) is 48.5 Å². The molecular weight excluding hydrogens is 382 g/mol. The zero-order chi connectivity index (χ0) is 21.6. The summed E-state index contributed by atoms with van der Waals surface area (Å²) in [5.41, 5.74) is 12.2. The van der Waals surface area contributed by atoms with Crippen LogP contribution in [-0.4, -0.2) is 41.6 Å². The van der Waals surface area contributed by atoms with Gasteiger partial charge in [-0.05, 0) is 37.6 Å². The zero-order valence-corrected chi connectivity index (χ0v) is 17.0. The Hall–Kier alpha value is -3.65. The SMILES string of the molecule is CC1(C)N=C(N)N=C(N)N1OCCOc1cccc(C(=O)C=Cc2ccccc2)c1. The summed E-state index contributed by atoms with van der Waals surface area (Å²) in [5.74, 6) is 0.705. The summed E-state index contributed by atoms with van der Waals surface area (Å²) < 4.78 is 5.71. The van der Waals surface area contributed by atoms with Gasteiger partial charge in [-0.3, -0.25) is 9.63 Å². The molecule has 8 nitrogen and oxygen atoms in total. The van der Waals surface area contributed by atoms with Crippen LogP contribution in [0.5, 0.6) is 5.75 Å². The molecule has 0 atom stereocenters. The average molecular weight is 407 g/mol. The lowest BCUT2D eigenvalue weighted by Crippen LogP contribution is -2.54. The van der Waals surface area contributed by atoms with E-state index < -0.39 is 5.66 Å². The third-order valence-corrected chi connectivity index (χ3v) is 4.24. The molecule has 4 N–H and O–H groups in total. The van der Waals surface area contributed by atoms with E-state index in [1.165, 1.54) is 5.06 Å². The van der Waals surface area contributed by atoms with Crippen LogP contribution in [0.25, 0.3) is 6.08 Å². The van der Waals surface area contributed by atoms with Crippen molar-refractivity contribution < 1.29 is 14.4 Å². The van der Waals surface area contributed by atoms with E-state index in [4.69, 9.17) is 21.0 Å². The van der Waals surface area contributed by atoms with E-state index in [0.717, 1.165) is 5.56 Å². The first kappa shape index (κ1) is 21.1. The number of carbonyl (C=O) groups is 1. The van der Waals surface area contributed by atoms with Crippen molar-refractivity contribution in [3.05, 3.63) is 71.8 Å². The highest BCUT2D eigenvalue weighted by atomic mass is 16.7. The van der Waals surface area contributed by atoms with Gasteiger partial charge in [0, 0.05) is 5.56 Å². The first-order valence-electron chi connectivity index (χ1n) is 9.48. The summed E-state index contributed by atoms with van der Waals surface area (Å²) in [6, 6.07) is 16.6. The Morgan fingerprint density at radius 2 is 1.87 bits per heavy atom. The van der Waals surface area contributed by atoms with E-state index >= 15 is 0 Å². The van der Waals surface area contributed by atoms with E-state index in [0.29, 0.717) is 11.3 Å². The molecule has 8 heteroatoms. The Kier molecular flexibility index (Phi) is 6.48. The molecule has 2 aromatic carbocycles. The van der Waals surface area contributed by atoms with Crippen LogP contribution in [0.15, 0.2) is 70.7 Å². The minimum atomic E-state index is -0.770. The molecular formula is C22H25N5O3. The molecule has 0 saturated carbocycles. The molecule has 3 rings (SSSR count). The summed E-state index contributed by atoms with van der Waals surface area (Å²) in [4.78, 5) is 26.2. The largest absolute Gasteiger partial charge is 0.491 e. The molecule has 30 heavy (non-hydrogen) atoms. The van der Waals surface area contributed by atoms with Gasteiger partial charge in [0.25, 0.3) is 0 Å². The Bertz CT molecular complexity index is 983. The third kappa shape index (κ3) is 5.45. The molecule has 0 fully saturated rings. The Morgan fingerprint density at radius 1 is 1.10 bits per heavy atom. The number of benzene rings is 2. The molecule has 0 spiro atoms. The van der Waals surface area contributed by atoms with Crippen LogP contribution in [0.2, 0.25) is 0 Å². The van der Waals surface area contributed by atoms with E-state index in [9.17, 15) is 4.79 Å². The predicted octanol–water partition coefficient (Wildman–Crippen LogP) is 2.57. The maximum Gasteiger partial charge on any atom is 0.226 e. The minimum Gasteiger partial charge on any atom is -0.491 e. The van der Waals surface area contributed by atoms with Gasteiger partial charge >= 0.3 is 0 Å². The molecule has 0 amide bonds. The van der Waals surface area contributed by atoms with Crippen LogP contribution in [0, 0.1) is 0 Å². The Labute approximate surface area is 175 Å². The molecule has 0 unspecified atom stereocenters. The van der Waals surface area contributed by atoms with E-state index in [-0.39, 0.29) is 30.9 Å². The molecule has 156 valence electrons. The first-order chi connectivity index (χ1) is 14.3. The van der Waals surface area contributed by atoms with Crippen molar-refractivity contribution in [1.82, 2.24) is 5.06 Å². The number of aliphatic imine (C=N–C) groups is 2. The second-order valence-electron chi connectivity index (χ2n) is 7.05. The second kappa shape index (κ2) is 9.23. The number of hydrogen-bond donors (Lipinski definition) is 2. The van der Waals surface area contributed by atoms with Crippen LogP contribution in [0.4, 0.5) is 0 Å². The van der Waals surface area contributed by atoms with Gasteiger partial charge in [0.05, 0.1) is 0 Å². The number of hydrogen-bond acceptors (Lipinski definition) is 8. The molecule has 0 aliphatic carbocycles. The lowest BCUT2D eigenvalue weighted by Gasteiger charge is -2.36. The number of ether oxygens (including phenoxy) is 1. The first-order valence-corrected chi connectivity index (χ1v) is 9.48. The van der Waals surface area contributed by atoms with Crippen molar-refractivity contribution in [2.24, 2.45) is 21.5 Å². The molecule has 0 saturated heterocycles. The molecule has 1 aliphatic rings. The van der Waals surface area contributed by atoms with Gasteiger partial charge in [0.1, 0.15) is 19.0 Å². The standard InChI is InChI=1S/C22H25N5O3/c1-22(2)26-20(23)25-21(24)27(22)30-14-13-29-18-10-6-9-17(15-18)19(28)12-11-16-7-4-3-5-8-16/h3-12,15H,13-14H2,1-2H3,(H4,23,24,25,26). The second-order valence-corrected chi connectivity index (χ2v) is 7.05. The van der Waals surface area contributed by atoms with Gasteiger partial charge in [0.2, 0.25) is 11.9 Å². The van der Waals surface area contributed by atoms with Crippen LogP contribution >= 0.6 is 0 Å². The van der Waals surface area contributed by atoms with Crippen LogP contribution in [-0.2, 0) is 4.84 Å².